The van der Waals surface area contributed by atoms with Crippen LogP contribution in [0.15, 0.2) is 42.6 Å². The Morgan fingerprint density at radius 1 is 1.27 bits per heavy atom. The molecule has 1 aliphatic rings. The van der Waals surface area contributed by atoms with Crippen molar-refractivity contribution in [2.24, 2.45) is 0 Å². The van der Waals surface area contributed by atoms with Gasteiger partial charge in [0.2, 0.25) is 0 Å². The van der Waals surface area contributed by atoms with Crippen LogP contribution in [-0.4, -0.2) is 28.2 Å². The number of carbonyl (C=O) groups is 1. The highest BCUT2D eigenvalue weighted by Crippen LogP contribution is 2.28. The normalized spacial score (nSPS) is 12.7. The van der Waals surface area contributed by atoms with E-state index in [9.17, 15) is 4.79 Å². The minimum absolute atomic E-state index is 0.195. The Balaban J connectivity index is 1.45. The van der Waals surface area contributed by atoms with Gasteiger partial charge in [0.15, 0.2) is 0 Å². The number of aryl methyl sites for hydroxylation is 2. The maximum atomic E-state index is 12.4. The fourth-order valence-electron chi connectivity index (χ4n) is 3.28. The third kappa shape index (κ3) is 3.18. The minimum atomic E-state index is -0.195. The van der Waals surface area contributed by atoms with Crippen molar-refractivity contribution in [3.63, 3.8) is 0 Å². The van der Waals surface area contributed by atoms with Crippen molar-refractivity contribution in [3.05, 3.63) is 65.1 Å². The van der Waals surface area contributed by atoms with E-state index in [2.05, 4.69) is 26.6 Å². The first-order valence-electron chi connectivity index (χ1n) is 8.68. The SMILES string of the molecule is COc1ccccc1-c1cc(C(=O)NCc2cnc3c(c2)CCC3)[nH]n1. The standard InChI is InChI=1S/C20H20N4O2/c1-26-19-8-3-2-6-15(19)17-10-18(24-23-17)20(25)22-12-13-9-14-5-4-7-16(14)21-11-13/h2-3,6,8-11H,4-5,7,12H2,1H3,(H,22,25)(H,23,24). The second-order valence-corrected chi connectivity index (χ2v) is 6.35. The molecule has 26 heavy (non-hydrogen) atoms. The number of aromatic amines is 1. The Morgan fingerprint density at radius 3 is 3.04 bits per heavy atom. The fourth-order valence-corrected chi connectivity index (χ4v) is 3.28. The Bertz CT molecular complexity index is 948. The Kier molecular flexibility index (Phi) is 4.39. The molecule has 0 saturated carbocycles. The number of fused-ring (bicyclic) bond motifs is 1. The van der Waals surface area contributed by atoms with Gasteiger partial charge in [0.25, 0.3) is 5.91 Å². The fraction of sp³-hybridized carbons (Fsp3) is 0.250. The topological polar surface area (TPSA) is 79.9 Å². The lowest BCUT2D eigenvalue weighted by Gasteiger charge is -2.06. The van der Waals surface area contributed by atoms with Gasteiger partial charge in [-0.25, -0.2) is 0 Å². The van der Waals surface area contributed by atoms with Crippen LogP contribution < -0.4 is 10.1 Å². The highest BCUT2D eigenvalue weighted by atomic mass is 16.5. The number of H-pyrrole nitrogens is 1. The van der Waals surface area contributed by atoms with E-state index in [1.807, 2.05) is 30.5 Å². The molecule has 1 aromatic carbocycles. The van der Waals surface area contributed by atoms with E-state index in [0.717, 1.165) is 36.1 Å². The zero-order valence-electron chi connectivity index (χ0n) is 14.6. The molecule has 0 bridgehead atoms. The number of ether oxygens (including phenoxy) is 1. The van der Waals surface area contributed by atoms with E-state index in [0.29, 0.717) is 17.9 Å². The average Bonchev–Trinajstić information content (AvgIpc) is 3.35. The lowest BCUT2D eigenvalue weighted by molar-refractivity contribution is 0.0946. The van der Waals surface area contributed by atoms with Gasteiger partial charge in [0, 0.05) is 24.0 Å². The van der Waals surface area contributed by atoms with Gasteiger partial charge in [0.05, 0.1) is 12.8 Å². The second-order valence-electron chi connectivity index (χ2n) is 6.35. The van der Waals surface area contributed by atoms with Gasteiger partial charge in [-0.05, 0) is 48.6 Å². The van der Waals surface area contributed by atoms with E-state index in [4.69, 9.17) is 4.74 Å². The molecule has 132 valence electrons. The third-order valence-electron chi connectivity index (χ3n) is 4.63. The van der Waals surface area contributed by atoms with Gasteiger partial charge in [-0.2, -0.15) is 5.10 Å². The molecule has 0 radical (unpaired) electrons. The lowest BCUT2D eigenvalue weighted by Crippen LogP contribution is -2.23. The molecule has 6 heteroatoms. The molecular formula is C20H20N4O2. The summed E-state index contributed by atoms with van der Waals surface area (Å²) >= 11 is 0. The predicted molar refractivity (Wildman–Crippen MR) is 98.0 cm³/mol. The first-order chi connectivity index (χ1) is 12.7. The zero-order valence-corrected chi connectivity index (χ0v) is 14.6. The summed E-state index contributed by atoms with van der Waals surface area (Å²) in [6.07, 6.45) is 5.14. The molecule has 4 rings (SSSR count). The number of amides is 1. The van der Waals surface area contributed by atoms with Crippen LogP contribution in [0.5, 0.6) is 5.75 Å². The Hall–Kier alpha value is -3.15. The second kappa shape index (κ2) is 7.00. The summed E-state index contributed by atoms with van der Waals surface area (Å²) in [4.78, 5) is 16.9. The van der Waals surface area contributed by atoms with Crippen molar-refractivity contribution in [3.8, 4) is 17.0 Å². The number of nitrogens with one attached hydrogen (secondary N) is 2. The van der Waals surface area contributed by atoms with Crippen LogP contribution in [0.4, 0.5) is 0 Å². The monoisotopic (exact) mass is 348 g/mol. The van der Waals surface area contributed by atoms with Crippen LogP contribution in [0.2, 0.25) is 0 Å². The highest BCUT2D eigenvalue weighted by Gasteiger charge is 2.15. The quantitative estimate of drug-likeness (QED) is 0.743. The van der Waals surface area contributed by atoms with E-state index in [1.165, 1.54) is 11.3 Å². The van der Waals surface area contributed by atoms with Crippen LogP contribution >= 0.6 is 0 Å². The Labute approximate surface area is 151 Å². The van der Waals surface area contributed by atoms with E-state index in [-0.39, 0.29) is 5.91 Å². The minimum Gasteiger partial charge on any atom is -0.496 e. The number of hydrogen-bond donors (Lipinski definition) is 2. The van der Waals surface area contributed by atoms with Gasteiger partial charge in [-0.1, -0.05) is 18.2 Å². The van der Waals surface area contributed by atoms with Gasteiger partial charge in [-0.3, -0.25) is 14.9 Å². The predicted octanol–water partition coefficient (Wildman–Crippen LogP) is 2.90. The molecule has 0 aliphatic heterocycles. The number of benzene rings is 1. The van der Waals surface area contributed by atoms with E-state index in [1.54, 1.807) is 13.2 Å². The van der Waals surface area contributed by atoms with Gasteiger partial charge >= 0.3 is 0 Å². The third-order valence-corrected chi connectivity index (χ3v) is 4.63. The number of methoxy groups -OCH3 is 1. The summed E-state index contributed by atoms with van der Waals surface area (Å²) in [6.45, 7) is 0.447. The van der Waals surface area contributed by atoms with Crippen molar-refractivity contribution < 1.29 is 9.53 Å². The lowest BCUT2D eigenvalue weighted by atomic mass is 10.1. The summed E-state index contributed by atoms with van der Waals surface area (Å²) in [7, 11) is 1.61. The van der Waals surface area contributed by atoms with Crippen molar-refractivity contribution in [1.82, 2.24) is 20.5 Å². The number of rotatable bonds is 5. The highest BCUT2D eigenvalue weighted by molar-refractivity contribution is 5.93. The smallest absolute Gasteiger partial charge is 0.269 e. The number of aromatic nitrogens is 3. The molecule has 0 atom stereocenters. The molecule has 2 N–H and O–H groups in total. The summed E-state index contributed by atoms with van der Waals surface area (Å²) < 4.78 is 5.35. The number of para-hydroxylation sites is 1. The molecule has 0 spiro atoms. The summed E-state index contributed by atoms with van der Waals surface area (Å²) in [5.41, 5.74) is 5.44. The number of nitrogens with zero attached hydrogens (tertiary/aromatic N) is 2. The molecule has 0 saturated heterocycles. The molecule has 0 fully saturated rings. The maximum absolute atomic E-state index is 12.4. The van der Waals surface area contributed by atoms with Crippen molar-refractivity contribution in [1.29, 1.82) is 0 Å². The van der Waals surface area contributed by atoms with Gasteiger partial charge in [-0.15, -0.1) is 0 Å². The maximum Gasteiger partial charge on any atom is 0.269 e. The van der Waals surface area contributed by atoms with Crippen molar-refractivity contribution in [2.45, 2.75) is 25.8 Å². The van der Waals surface area contributed by atoms with Crippen LogP contribution in [0.25, 0.3) is 11.3 Å². The molecule has 0 unspecified atom stereocenters. The van der Waals surface area contributed by atoms with Crippen LogP contribution in [0.3, 0.4) is 0 Å². The molecule has 2 heterocycles. The van der Waals surface area contributed by atoms with Gasteiger partial charge < -0.3 is 10.1 Å². The first kappa shape index (κ1) is 16.3. The van der Waals surface area contributed by atoms with Crippen LogP contribution in [-0.2, 0) is 19.4 Å². The summed E-state index contributed by atoms with van der Waals surface area (Å²) in [6, 6.07) is 11.5. The van der Waals surface area contributed by atoms with E-state index < -0.39 is 0 Å². The molecular weight excluding hydrogens is 328 g/mol. The van der Waals surface area contributed by atoms with Crippen molar-refractivity contribution in [2.75, 3.05) is 7.11 Å². The Morgan fingerprint density at radius 2 is 2.15 bits per heavy atom. The van der Waals surface area contributed by atoms with Crippen LogP contribution in [0.1, 0.15) is 33.7 Å². The van der Waals surface area contributed by atoms with Crippen LogP contribution in [0, 0.1) is 0 Å². The largest absolute Gasteiger partial charge is 0.496 e. The molecule has 1 aliphatic carbocycles. The van der Waals surface area contributed by atoms with E-state index >= 15 is 0 Å². The average molecular weight is 348 g/mol. The number of pyridine rings is 1. The molecule has 1 amide bonds. The zero-order chi connectivity index (χ0) is 17.9. The first-order valence-corrected chi connectivity index (χ1v) is 8.68. The van der Waals surface area contributed by atoms with Gasteiger partial charge in [0.1, 0.15) is 11.4 Å². The molecule has 6 nitrogen and oxygen atoms in total. The number of hydrogen-bond acceptors (Lipinski definition) is 4. The van der Waals surface area contributed by atoms with Crippen molar-refractivity contribution >= 4 is 5.91 Å². The summed E-state index contributed by atoms with van der Waals surface area (Å²) in [5, 5.41) is 9.96. The number of carbonyl (C=O) groups excluding carboxylic acids is 1. The summed E-state index contributed by atoms with van der Waals surface area (Å²) in [5.74, 6) is 0.523. The molecule has 3 aromatic rings. The molecule has 2 aromatic heterocycles.